The van der Waals surface area contributed by atoms with Crippen LogP contribution in [0.25, 0.3) is 10.2 Å². The van der Waals surface area contributed by atoms with Gasteiger partial charge in [0, 0.05) is 36.6 Å². The van der Waals surface area contributed by atoms with Gasteiger partial charge in [-0.3, -0.25) is 9.36 Å². The SMILES string of the molecule is CCOC(=O)N1CCC(NC2CCc3c(sc4ncn(CCc5ccc(F)cc5)c(=O)c34)C2)CC1. The second-order valence-corrected chi connectivity index (χ2v) is 10.5. The van der Waals surface area contributed by atoms with Crippen LogP contribution in [-0.2, 0) is 30.5 Å². The Kier molecular flexibility index (Phi) is 7.15. The zero-order valence-electron chi connectivity index (χ0n) is 20.0. The average molecular weight is 499 g/mol. The van der Waals surface area contributed by atoms with E-state index in [9.17, 15) is 14.0 Å². The molecule has 186 valence electrons. The van der Waals surface area contributed by atoms with Crippen molar-refractivity contribution in [1.82, 2.24) is 19.8 Å². The molecule has 3 aromatic rings. The number of carbonyl (C=O) groups is 1. The summed E-state index contributed by atoms with van der Waals surface area (Å²) >= 11 is 1.64. The number of piperidine rings is 1. The number of thiophene rings is 1. The second kappa shape index (κ2) is 10.5. The summed E-state index contributed by atoms with van der Waals surface area (Å²) in [6.45, 7) is 4.20. The number of benzene rings is 1. The first-order valence-corrected chi connectivity index (χ1v) is 13.3. The molecule has 1 aliphatic heterocycles. The zero-order valence-corrected chi connectivity index (χ0v) is 20.8. The molecule has 1 aliphatic carbocycles. The van der Waals surface area contributed by atoms with E-state index in [1.807, 2.05) is 6.92 Å². The predicted octanol–water partition coefficient (Wildman–Crippen LogP) is 3.91. The number of ether oxygens (including phenoxy) is 1. The Labute approximate surface area is 207 Å². The second-order valence-electron chi connectivity index (χ2n) is 9.37. The van der Waals surface area contributed by atoms with Crippen LogP contribution in [0, 0.1) is 5.82 Å². The summed E-state index contributed by atoms with van der Waals surface area (Å²) in [6.07, 6.45) is 6.69. The highest BCUT2D eigenvalue weighted by molar-refractivity contribution is 7.18. The third kappa shape index (κ3) is 5.26. The van der Waals surface area contributed by atoms with Crippen molar-refractivity contribution in [2.45, 2.75) is 64.1 Å². The van der Waals surface area contributed by atoms with Crippen LogP contribution in [0.15, 0.2) is 35.4 Å². The summed E-state index contributed by atoms with van der Waals surface area (Å²) in [4.78, 5) is 33.7. The summed E-state index contributed by atoms with van der Waals surface area (Å²) < 4.78 is 20.0. The van der Waals surface area contributed by atoms with Crippen molar-refractivity contribution in [2.24, 2.45) is 0 Å². The number of aryl methyl sites for hydroxylation is 3. The molecular weight excluding hydrogens is 467 g/mol. The molecule has 7 nitrogen and oxygen atoms in total. The van der Waals surface area contributed by atoms with Crippen LogP contribution in [0.2, 0.25) is 0 Å². The molecule has 1 saturated heterocycles. The van der Waals surface area contributed by atoms with Crippen molar-refractivity contribution in [3.63, 3.8) is 0 Å². The predicted molar refractivity (Wildman–Crippen MR) is 135 cm³/mol. The summed E-state index contributed by atoms with van der Waals surface area (Å²) in [6, 6.07) is 7.17. The van der Waals surface area contributed by atoms with Gasteiger partial charge in [-0.25, -0.2) is 14.2 Å². The molecule has 1 N–H and O–H groups in total. The van der Waals surface area contributed by atoms with Crippen LogP contribution in [0.5, 0.6) is 0 Å². The van der Waals surface area contributed by atoms with Gasteiger partial charge in [-0.2, -0.15) is 0 Å². The normalized spacial score (nSPS) is 18.6. The van der Waals surface area contributed by atoms with Crippen LogP contribution in [0.1, 0.15) is 42.2 Å². The Morgan fingerprint density at radius 3 is 2.71 bits per heavy atom. The first-order chi connectivity index (χ1) is 17.0. The largest absolute Gasteiger partial charge is 0.450 e. The van der Waals surface area contributed by atoms with Crippen molar-refractivity contribution in [1.29, 1.82) is 0 Å². The van der Waals surface area contributed by atoms with Gasteiger partial charge in [0.1, 0.15) is 10.6 Å². The van der Waals surface area contributed by atoms with Gasteiger partial charge in [-0.1, -0.05) is 12.1 Å². The van der Waals surface area contributed by atoms with Gasteiger partial charge < -0.3 is 15.0 Å². The van der Waals surface area contributed by atoms with Gasteiger partial charge in [0.25, 0.3) is 5.56 Å². The number of nitrogens with zero attached hydrogens (tertiary/aromatic N) is 3. The number of fused-ring (bicyclic) bond motifs is 3. The third-order valence-electron chi connectivity index (χ3n) is 7.08. The molecule has 0 bridgehead atoms. The minimum Gasteiger partial charge on any atom is -0.450 e. The summed E-state index contributed by atoms with van der Waals surface area (Å²) in [5.41, 5.74) is 2.17. The van der Waals surface area contributed by atoms with Crippen molar-refractivity contribution in [2.75, 3.05) is 19.7 Å². The monoisotopic (exact) mass is 498 g/mol. The lowest BCUT2D eigenvalue weighted by Crippen LogP contribution is -2.49. The lowest BCUT2D eigenvalue weighted by molar-refractivity contribution is 0.0940. The quantitative estimate of drug-likeness (QED) is 0.558. The molecule has 1 amide bonds. The summed E-state index contributed by atoms with van der Waals surface area (Å²) in [5.74, 6) is -0.256. The van der Waals surface area contributed by atoms with E-state index in [-0.39, 0.29) is 17.5 Å². The highest BCUT2D eigenvalue weighted by Gasteiger charge is 2.29. The van der Waals surface area contributed by atoms with E-state index < -0.39 is 0 Å². The molecule has 0 saturated carbocycles. The molecule has 35 heavy (non-hydrogen) atoms. The van der Waals surface area contributed by atoms with Crippen molar-refractivity contribution in [3.05, 3.63) is 62.8 Å². The highest BCUT2D eigenvalue weighted by Crippen LogP contribution is 2.34. The number of likely N-dealkylation sites (tertiary alicyclic amines) is 1. The van der Waals surface area contributed by atoms with Crippen molar-refractivity contribution >= 4 is 27.6 Å². The molecule has 5 rings (SSSR count). The number of nitrogens with one attached hydrogen (secondary N) is 1. The number of aromatic nitrogens is 2. The molecule has 1 unspecified atom stereocenters. The van der Waals surface area contributed by atoms with E-state index in [2.05, 4.69) is 10.3 Å². The van der Waals surface area contributed by atoms with Crippen LogP contribution in [0.4, 0.5) is 9.18 Å². The van der Waals surface area contributed by atoms with Crippen LogP contribution < -0.4 is 10.9 Å². The number of amides is 1. The van der Waals surface area contributed by atoms with Crippen molar-refractivity contribution < 1.29 is 13.9 Å². The fraction of sp³-hybridized carbons (Fsp3) is 0.500. The molecule has 3 heterocycles. The fourth-order valence-corrected chi connectivity index (χ4v) is 6.44. The number of rotatable bonds is 6. The molecule has 0 spiro atoms. The molecular formula is C26H31FN4O3S. The fourth-order valence-electron chi connectivity index (χ4n) is 5.18. The van der Waals surface area contributed by atoms with E-state index in [4.69, 9.17) is 4.74 Å². The maximum absolute atomic E-state index is 13.3. The average Bonchev–Trinajstić information content (AvgIpc) is 3.24. The molecule has 2 aromatic heterocycles. The molecule has 1 atom stereocenters. The van der Waals surface area contributed by atoms with Gasteiger partial charge in [0.05, 0.1) is 18.3 Å². The molecule has 1 fully saturated rings. The standard InChI is InChI=1S/C26H31FN4O3S/c1-2-34-26(33)30-13-10-19(11-14-30)29-20-7-8-21-22(15-20)35-24-23(21)25(32)31(16-28-24)12-9-17-3-5-18(27)6-4-17/h3-6,16,19-20,29H,2,7-15H2,1H3. The van der Waals surface area contributed by atoms with Gasteiger partial charge in [0.2, 0.25) is 0 Å². The molecule has 2 aliphatic rings. The van der Waals surface area contributed by atoms with Gasteiger partial charge >= 0.3 is 6.09 Å². The number of hydrogen-bond acceptors (Lipinski definition) is 6. The van der Waals surface area contributed by atoms with E-state index in [1.54, 1.807) is 39.3 Å². The molecule has 1 aromatic carbocycles. The van der Waals surface area contributed by atoms with E-state index >= 15 is 0 Å². The zero-order chi connectivity index (χ0) is 24.4. The third-order valence-corrected chi connectivity index (χ3v) is 8.25. The van der Waals surface area contributed by atoms with Crippen molar-refractivity contribution in [3.8, 4) is 0 Å². The summed E-state index contributed by atoms with van der Waals surface area (Å²) in [5, 5.41) is 4.57. The van der Waals surface area contributed by atoms with Gasteiger partial charge in [-0.15, -0.1) is 11.3 Å². The Bertz CT molecular complexity index is 1250. The smallest absolute Gasteiger partial charge is 0.409 e. The van der Waals surface area contributed by atoms with E-state index in [0.29, 0.717) is 31.7 Å². The number of carbonyl (C=O) groups excluding carboxylic acids is 1. The highest BCUT2D eigenvalue weighted by atomic mass is 32.1. The first kappa shape index (κ1) is 23.9. The van der Waals surface area contributed by atoms with Gasteiger partial charge in [-0.05, 0) is 68.7 Å². The lowest BCUT2D eigenvalue weighted by Gasteiger charge is -2.35. The van der Waals surface area contributed by atoms with E-state index in [1.165, 1.54) is 17.0 Å². The first-order valence-electron chi connectivity index (χ1n) is 12.4. The van der Waals surface area contributed by atoms with Gasteiger partial charge in [0.15, 0.2) is 0 Å². The topological polar surface area (TPSA) is 76.5 Å². The van der Waals surface area contributed by atoms with Crippen LogP contribution >= 0.6 is 11.3 Å². The minimum absolute atomic E-state index is 0.0207. The Hall–Kier alpha value is -2.78. The Balaban J connectivity index is 1.23. The molecule has 0 radical (unpaired) electrons. The van der Waals surface area contributed by atoms with Crippen LogP contribution in [-0.4, -0.2) is 52.3 Å². The number of halogens is 1. The Morgan fingerprint density at radius 1 is 1.20 bits per heavy atom. The maximum Gasteiger partial charge on any atom is 0.409 e. The molecule has 9 heteroatoms. The number of hydrogen-bond donors (Lipinski definition) is 1. The lowest BCUT2D eigenvalue weighted by atomic mass is 9.91. The minimum atomic E-state index is -0.256. The maximum atomic E-state index is 13.3. The van der Waals surface area contributed by atoms with E-state index in [0.717, 1.165) is 66.5 Å². The Morgan fingerprint density at radius 2 is 1.97 bits per heavy atom. The summed E-state index contributed by atoms with van der Waals surface area (Å²) in [7, 11) is 0. The van der Waals surface area contributed by atoms with Crippen LogP contribution in [0.3, 0.4) is 0 Å².